The molecule has 4 rings (SSSR count). The summed E-state index contributed by atoms with van der Waals surface area (Å²) in [6.07, 6.45) is 3.44. The summed E-state index contributed by atoms with van der Waals surface area (Å²) < 4.78 is 6.25. The minimum atomic E-state index is -1.06. The molecule has 9 nitrogen and oxygen atoms in total. The molecule has 2 aromatic rings. The average molecular weight is 383 g/mol. The lowest BCUT2D eigenvalue weighted by atomic mass is 9.76. The molecule has 1 spiro atoms. The molecule has 2 aliphatic heterocycles. The number of nitrogens with zero attached hydrogens (tertiary/aromatic N) is 3. The Hall–Kier alpha value is -3.62. The first-order valence-corrected chi connectivity index (χ1v) is 8.51. The van der Waals surface area contributed by atoms with Crippen LogP contribution in [0.2, 0.25) is 0 Å². The number of aromatic hydroxyl groups is 1. The maximum atomic E-state index is 11.2. The normalized spacial score (nSPS) is 21.2. The Labute approximate surface area is 159 Å². The van der Waals surface area contributed by atoms with Gasteiger partial charge in [0.2, 0.25) is 5.72 Å². The summed E-state index contributed by atoms with van der Waals surface area (Å²) in [5, 5.41) is 32.6. The van der Waals surface area contributed by atoms with Gasteiger partial charge in [0.1, 0.15) is 0 Å². The second-order valence-corrected chi connectivity index (χ2v) is 7.41. The van der Waals surface area contributed by atoms with Crippen molar-refractivity contribution in [3.8, 4) is 11.5 Å². The van der Waals surface area contributed by atoms with Gasteiger partial charge in [-0.1, -0.05) is 0 Å². The van der Waals surface area contributed by atoms with Gasteiger partial charge in [0.25, 0.3) is 11.4 Å². The van der Waals surface area contributed by atoms with E-state index in [2.05, 4.69) is 0 Å². The molecule has 28 heavy (non-hydrogen) atoms. The Bertz CT molecular complexity index is 1080. The number of phenols is 1. The fourth-order valence-corrected chi connectivity index (χ4v) is 4.09. The van der Waals surface area contributed by atoms with E-state index in [0.717, 1.165) is 17.3 Å². The number of anilines is 1. The van der Waals surface area contributed by atoms with Crippen LogP contribution in [0.5, 0.6) is 11.5 Å². The summed E-state index contributed by atoms with van der Waals surface area (Å²) >= 11 is 0. The van der Waals surface area contributed by atoms with Crippen LogP contribution in [0, 0.1) is 20.2 Å². The molecule has 2 aliphatic rings. The van der Waals surface area contributed by atoms with Crippen LogP contribution in [-0.4, -0.2) is 27.7 Å². The summed E-state index contributed by atoms with van der Waals surface area (Å²) in [7, 11) is 1.80. The van der Waals surface area contributed by atoms with Gasteiger partial charge in [-0.3, -0.25) is 20.2 Å². The Kier molecular flexibility index (Phi) is 3.46. The summed E-state index contributed by atoms with van der Waals surface area (Å²) in [6.45, 7) is 3.80. The lowest BCUT2D eigenvalue weighted by Crippen LogP contribution is -2.58. The zero-order valence-corrected chi connectivity index (χ0v) is 15.4. The van der Waals surface area contributed by atoms with Gasteiger partial charge < -0.3 is 14.7 Å². The highest BCUT2D eigenvalue weighted by Gasteiger charge is 2.58. The Morgan fingerprint density at radius 2 is 1.75 bits per heavy atom. The lowest BCUT2D eigenvalue weighted by Gasteiger charge is -2.45. The van der Waals surface area contributed by atoms with Gasteiger partial charge in [-0.25, -0.2) is 0 Å². The number of non-ortho nitro benzene ring substituents is 2. The number of likely N-dealkylation sites (N-methyl/N-ethyl adjacent to an activating group) is 1. The van der Waals surface area contributed by atoms with Crippen LogP contribution in [-0.2, 0) is 5.41 Å². The predicted octanol–water partition coefficient (Wildman–Crippen LogP) is 3.74. The summed E-state index contributed by atoms with van der Waals surface area (Å²) in [5.41, 5.74) is -0.141. The van der Waals surface area contributed by atoms with Crippen LogP contribution in [0.4, 0.5) is 17.1 Å². The number of nitro benzene ring substituents is 2. The highest BCUT2D eigenvalue weighted by Crippen LogP contribution is 2.56. The van der Waals surface area contributed by atoms with Gasteiger partial charge in [0.05, 0.1) is 21.3 Å². The third-order valence-corrected chi connectivity index (χ3v) is 5.66. The minimum Gasteiger partial charge on any atom is -0.504 e. The molecule has 0 saturated carbocycles. The summed E-state index contributed by atoms with van der Waals surface area (Å²) in [5.74, 6) is -0.200. The molecule has 1 N–H and O–H groups in total. The molecule has 0 aliphatic carbocycles. The third kappa shape index (κ3) is 2.13. The second kappa shape index (κ2) is 5.44. The van der Waals surface area contributed by atoms with Crippen LogP contribution < -0.4 is 9.64 Å². The first-order chi connectivity index (χ1) is 13.1. The molecule has 144 valence electrons. The maximum absolute atomic E-state index is 11.2. The van der Waals surface area contributed by atoms with Gasteiger partial charge in [0.15, 0.2) is 11.5 Å². The Morgan fingerprint density at radius 1 is 1.07 bits per heavy atom. The van der Waals surface area contributed by atoms with Crippen molar-refractivity contribution < 1.29 is 19.7 Å². The molecular formula is C19H17N3O6. The van der Waals surface area contributed by atoms with Crippen LogP contribution in [0.1, 0.15) is 25.0 Å². The van der Waals surface area contributed by atoms with E-state index in [1.54, 1.807) is 25.3 Å². The first-order valence-electron chi connectivity index (χ1n) is 8.51. The highest BCUT2D eigenvalue weighted by atomic mass is 16.6. The summed E-state index contributed by atoms with van der Waals surface area (Å²) in [4.78, 5) is 23.1. The van der Waals surface area contributed by atoms with Gasteiger partial charge in [0, 0.05) is 36.5 Å². The molecule has 0 bridgehead atoms. The molecule has 0 fully saturated rings. The van der Waals surface area contributed by atoms with Crippen LogP contribution in [0.15, 0.2) is 36.4 Å². The van der Waals surface area contributed by atoms with Crippen molar-refractivity contribution in [3.63, 3.8) is 0 Å². The number of benzene rings is 2. The van der Waals surface area contributed by atoms with Gasteiger partial charge >= 0.3 is 0 Å². The average Bonchev–Trinajstić information content (AvgIpc) is 2.80. The molecule has 2 heterocycles. The number of fused-ring (bicyclic) bond motifs is 2. The molecule has 0 amide bonds. The van der Waals surface area contributed by atoms with E-state index in [9.17, 15) is 25.3 Å². The van der Waals surface area contributed by atoms with Gasteiger partial charge in [-0.2, -0.15) is 0 Å². The van der Waals surface area contributed by atoms with Crippen molar-refractivity contribution in [2.24, 2.45) is 0 Å². The Balaban J connectivity index is 1.87. The fourth-order valence-electron chi connectivity index (χ4n) is 4.09. The van der Waals surface area contributed by atoms with E-state index in [1.165, 1.54) is 18.2 Å². The van der Waals surface area contributed by atoms with Crippen LogP contribution in [0.25, 0.3) is 6.08 Å². The molecule has 9 heteroatoms. The zero-order valence-electron chi connectivity index (χ0n) is 15.4. The monoisotopic (exact) mass is 383 g/mol. The largest absolute Gasteiger partial charge is 0.504 e. The Morgan fingerprint density at radius 3 is 2.39 bits per heavy atom. The van der Waals surface area contributed by atoms with E-state index in [0.29, 0.717) is 5.56 Å². The standard InChI is InChI=1S/C19H17N3O6/c1-18(2)14-9-12(21(24)25)4-5-15(14)20(3)19(18)7-6-11-8-13(22(26)27)10-16(23)17(11)28-19/h4-10,23H,1-3H3. The van der Waals surface area contributed by atoms with E-state index in [-0.39, 0.29) is 22.9 Å². The van der Waals surface area contributed by atoms with Crippen molar-refractivity contribution in [1.29, 1.82) is 0 Å². The molecular weight excluding hydrogens is 366 g/mol. The maximum Gasteiger partial charge on any atom is 0.274 e. The zero-order chi connectivity index (χ0) is 20.4. The number of hydrogen-bond donors (Lipinski definition) is 1. The fraction of sp³-hybridized carbons (Fsp3) is 0.263. The predicted molar refractivity (Wildman–Crippen MR) is 102 cm³/mol. The van der Waals surface area contributed by atoms with E-state index in [4.69, 9.17) is 4.74 Å². The van der Waals surface area contributed by atoms with Crippen LogP contribution in [0.3, 0.4) is 0 Å². The number of rotatable bonds is 2. The summed E-state index contributed by atoms with van der Waals surface area (Å²) in [6, 6.07) is 7.02. The van der Waals surface area contributed by atoms with Crippen molar-refractivity contribution in [2.45, 2.75) is 25.0 Å². The molecule has 1 unspecified atom stereocenters. The molecule has 1 atom stereocenters. The van der Waals surface area contributed by atoms with Crippen molar-refractivity contribution in [1.82, 2.24) is 0 Å². The first kappa shape index (κ1) is 17.8. The molecule has 0 saturated heterocycles. The van der Waals surface area contributed by atoms with Crippen molar-refractivity contribution in [2.75, 3.05) is 11.9 Å². The van der Waals surface area contributed by atoms with Crippen molar-refractivity contribution in [3.05, 3.63) is 67.8 Å². The number of ether oxygens (including phenoxy) is 1. The highest BCUT2D eigenvalue weighted by molar-refractivity contribution is 5.75. The number of phenolic OH excluding ortho intramolecular Hbond substituents is 1. The van der Waals surface area contributed by atoms with E-state index >= 15 is 0 Å². The van der Waals surface area contributed by atoms with Gasteiger partial charge in [-0.05, 0) is 37.6 Å². The quantitative estimate of drug-likeness (QED) is 0.620. The van der Waals surface area contributed by atoms with Gasteiger partial charge in [-0.15, -0.1) is 0 Å². The topological polar surface area (TPSA) is 119 Å². The molecule has 0 radical (unpaired) electrons. The number of nitro groups is 2. The van der Waals surface area contributed by atoms with Crippen LogP contribution >= 0.6 is 0 Å². The van der Waals surface area contributed by atoms with Crippen molar-refractivity contribution >= 4 is 23.1 Å². The number of hydrogen-bond acceptors (Lipinski definition) is 7. The second-order valence-electron chi connectivity index (χ2n) is 7.41. The lowest BCUT2D eigenvalue weighted by molar-refractivity contribution is -0.385. The SMILES string of the molecule is CN1c2ccc([N+](=O)[O-])cc2C(C)(C)C12C=Cc1cc([N+](=O)[O-])cc(O)c1O2. The molecule has 2 aromatic carbocycles. The minimum absolute atomic E-state index is 0.0177. The van der Waals surface area contributed by atoms with E-state index < -0.39 is 21.0 Å². The smallest absolute Gasteiger partial charge is 0.274 e. The van der Waals surface area contributed by atoms with E-state index in [1.807, 2.05) is 18.7 Å². The third-order valence-electron chi connectivity index (χ3n) is 5.66. The molecule has 0 aromatic heterocycles.